The Kier molecular flexibility index (Phi) is 4.24. The second-order valence-corrected chi connectivity index (χ2v) is 5.52. The Hall–Kier alpha value is -2.48. The molecule has 1 aliphatic rings. The van der Waals surface area contributed by atoms with Gasteiger partial charge in [-0.25, -0.2) is 0 Å². The molecule has 23 heavy (non-hydrogen) atoms. The van der Waals surface area contributed by atoms with Crippen LogP contribution < -0.4 is 5.32 Å². The van der Waals surface area contributed by atoms with Gasteiger partial charge in [0.2, 0.25) is 0 Å². The van der Waals surface area contributed by atoms with E-state index in [0.717, 1.165) is 5.82 Å². The Morgan fingerprint density at radius 2 is 2.22 bits per heavy atom. The minimum absolute atomic E-state index is 0.0386. The van der Waals surface area contributed by atoms with Crippen LogP contribution in [-0.4, -0.2) is 37.6 Å². The van der Waals surface area contributed by atoms with Crippen LogP contribution in [0.25, 0.3) is 0 Å². The quantitative estimate of drug-likeness (QED) is 0.597. The molecule has 1 fully saturated rings. The highest BCUT2D eigenvalue weighted by molar-refractivity contribution is 6.42. The van der Waals surface area contributed by atoms with Gasteiger partial charge in [-0.2, -0.15) is 0 Å². The van der Waals surface area contributed by atoms with E-state index in [4.69, 9.17) is 4.42 Å². The Balaban J connectivity index is 1.56. The summed E-state index contributed by atoms with van der Waals surface area (Å²) in [4.78, 5) is 23.7. The number of hydrogen-bond donors (Lipinski definition) is 2. The van der Waals surface area contributed by atoms with Crippen molar-refractivity contribution in [3.63, 3.8) is 0 Å². The molecule has 0 aliphatic heterocycles. The number of rotatable bonds is 6. The lowest BCUT2D eigenvalue weighted by molar-refractivity contribution is -0.118. The molecule has 1 amide bonds. The van der Waals surface area contributed by atoms with E-state index < -0.39 is 11.7 Å². The number of Topliss-reactive ketones (excluding diaryl/α,β-unsaturated/α-hetero) is 1. The Bertz CT molecular complexity index is 701. The van der Waals surface area contributed by atoms with Crippen LogP contribution in [0, 0.1) is 0 Å². The van der Waals surface area contributed by atoms with Gasteiger partial charge in [0, 0.05) is 18.5 Å². The van der Waals surface area contributed by atoms with Crippen LogP contribution in [0.5, 0.6) is 0 Å². The summed E-state index contributed by atoms with van der Waals surface area (Å²) in [5.41, 5.74) is 0. The lowest BCUT2D eigenvalue weighted by Gasteiger charge is -2.35. The van der Waals surface area contributed by atoms with Crippen molar-refractivity contribution in [1.82, 2.24) is 20.1 Å². The molecule has 1 saturated carbocycles. The number of carbonyl (C=O) groups excluding carboxylic acids is 2. The normalized spacial score (nSPS) is 20.1. The standard InChI is InChI=1S/C15H18N4O4/c1-2-19-12(8-20)17-18-14(19)9-6-10(7-9)16-15(22)13(21)11-4-3-5-23-11/h3-5,9-10,20H,2,6-8H2,1H3,(H,16,22). The molecule has 0 radical (unpaired) electrons. The van der Waals surface area contributed by atoms with Crippen LogP contribution >= 0.6 is 0 Å². The number of furan rings is 1. The van der Waals surface area contributed by atoms with Crippen LogP contribution in [0.2, 0.25) is 0 Å². The van der Waals surface area contributed by atoms with E-state index in [1.165, 1.54) is 12.3 Å². The molecule has 2 heterocycles. The molecule has 122 valence electrons. The number of hydrogen-bond acceptors (Lipinski definition) is 6. The number of aliphatic hydroxyl groups is 1. The lowest BCUT2D eigenvalue weighted by atomic mass is 9.79. The van der Waals surface area contributed by atoms with Crippen LogP contribution in [0.1, 0.15) is 47.9 Å². The summed E-state index contributed by atoms with van der Waals surface area (Å²) in [5.74, 6) is 0.250. The van der Waals surface area contributed by atoms with Crippen molar-refractivity contribution < 1.29 is 19.1 Å². The number of nitrogens with zero attached hydrogens (tertiary/aromatic N) is 3. The maximum Gasteiger partial charge on any atom is 0.295 e. The van der Waals surface area contributed by atoms with Crippen LogP contribution in [0.3, 0.4) is 0 Å². The molecule has 0 unspecified atom stereocenters. The third kappa shape index (κ3) is 2.89. The smallest absolute Gasteiger partial charge is 0.295 e. The Labute approximate surface area is 132 Å². The fourth-order valence-electron chi connectivity index (χ4n) is 2.83. The number of aromatic nitrogens is 3. The van der Waals surface area contributed by atoms with E-state index in [2.05, 4.69) is 15.5 Å². The molecule has 0 atom stereocenters. The summed E-state index contributed by atoms with van der Waals surface area (Å²) in [6.45, 7) is 2.50. The van der Waals surface area contributed by atoms with Crippen LogP contribution in [-0.2, 0) is 17.9 Å². The third-order valence-corrected chi connectivity index (χ3v) is 4.10. The Morgan fingerprint density at radius 3 is 2.83 bits per heavy atom. The minimum Gasteiger partial charge on any atom is -0.461 e. The summed E-state index contributed by atoms with van der Waals surface area (Å²) in [7, 11) is 0. The van der Waals surface area contributed by atoms with Gasteiger partial charge in [-0.05, 0) is 31.9 Å². The van der Waals surface area contributed by atoms with Gasteiger partial charge in [0.15, 0.2) is 11.6 Å². The summed E-state index contributed by atoms with van der Waals surface area (Å²) >= 11 is 0. The Morgan fingerprint density at radius 1 is 1.43 bits per heavy atom. The van der Waals surface area contributed by atoms with Gasteiger partial charge in [0.25, 0.3) is 11.7 Å². The van der Waals surface area contributed by atoms with Gasteiger partial charge in [-0.15, -0.1) is 10.2 Å². The molecule has 1 aliphatic carbocycles. The third-order valence-electron chi connectivity index (χ3n) is 4.10. The predicted molar refractivity (Wildman–Crippen MR) is 78.6 cm³/mol. The highest BCUT2D eigenvalue weighted by Crippen LogP contribution is 2.36. The first-order valence-corrected chi connectivity index (χ1v) is 7.55. The van der Waals surface area contributed by atoms with Crippen molar-refractivity contribution in [2.45, 2.75) is 44.9 Å². The first kappa shape index (κ1) is 15.4. The van der Waals surface area contributed by atoms with Gasteiger partial charge < -0.3 is 19.4 Å². The summed E-state index contributed by atoms with van der Waals surface area (Å²) in [6, 6.07) is 2.97. The second kappa shape index (κ2) is 6.33. The first-order chi connectivity index (χ1) is 11.1. The molecular formula is C15H18N4O4. The van der Waals surface area contributed by atoms with E-state index in [9.17, 15) is 14.7 Å². The minimum atomic E-state index is -0.669. The van der Waals surface area contributed by atoms with E-state index in [1.54, 1.807) is 6.07 Å². The molecule has 2 N–H and O–H groups in total. The van der Waals surface area contributed by atoms with Gasteiger partial charge in [0.05, 0.1) is 6.26 Å². The average Bonchev–Trinajstić information content (AvgIpc) is 3.17. The fraction of sp³-hybridized carbons (Fsp3) is 0.467. The van der Waals surface area contributed by atoms with E-state index in [0.29, 0.717) is 25.2 Å². The number of nitrogens with one attached hydrogen (secondary N) is 1. The zero-order chi connectivity index (χ0) is 16.4. The van der Waals surface area contributed by atoms with E-state index >= 15 is 0 Å². The van der Waals surface area contributed by atoms with E-state index in [1.807, 2.05) is 11.5 Å². The predicted octanol–water partition coefficient (Wildman–Crippen LogP) is 0.628. The van der Waals surface area contributed by atoms with Crippen molar-refractivity contribution >= 4 is 11.7 Å². The van der Waals surface area contributed by atoms with Gasteiger partial charge in [0.1, 0.15) is 12.4 Å². The van der Waals surface area contributed by atoms with Gasteiger partial charge in [-0.1, -0.05) is 0 Å². The number of aliphatic hydroxyl groups excluding tert-OH is 1. The van der Waals surface area contributed by atoms with Gasteiger partial charge >= 0.3 is 0 Å². The van der Waals surface area contributed by atoms with Crippen molar-refractivity contribution in [3.8, 4) is 0 Å². The van der Waals surface area contributed by atoms with E-state index in [-0.39, 0.29) is 24.3 Å². The molecule has 8 heteroatoms. The SMILES string of the molecule is CCn1c(CO)nnc1C1CC(NC(=O)C(=O)c2ccco2)C1. The molecule has 0 saturated heterocycles. The van der Waals surface area contributed by atoms with Gasteiger partial charge in [-0.3, -0.25) is 9.59 Å². The summed E-state index contributed by atoms with van der Waals surface area (Å²) in [5, 5.41) is 20.0. The second-order valence-electron chi connectivity index (χ2n) is 5.52. The maximum atomic E-state index is 11.9. The molecular weight excluding hydrogens is 300 g/mol. The molecule has 8 nitrogen and oxygen atoms in total. The number of carbonyl (C=O) groups is 2. The zero-order valence-corrected chi connectivity index (χ0v) is 12.7. The molecule has 3 rings (SSSR count). The zero-order valence-electron chi connectivity index (χ0n) is 12.7. The highest BCUT2D eigenvalue weighted by Gasteiger charge is 2.36. The van der Waals surface area contributed by atoms with Crippen LogP contribution in [0.15, 0.2) is 22.8 Å². The average molecular weight is 318 g/mol. The monoisotopic (exact) mass is 318 g/mol. The highest BCUT2D eigenvalue weighted by atomic mass is 16.3. The van der Waals surface area contributed by atoms with Crippen LogP contribution in [0.4, 0.5) is 0 Å². The summed E-state index contributed by atoms with van der Waals surface area (Å²) < 4.78 is 6.82. The fourth-order valence-corrected chi connectivity index (χ4v) is 2.83. The van der Waals surface area contributed by atoms with Crippen molar-refractivity contribution in [1.29, 1.82) is 0 Å². The number of ketones is 1. The molecule has 0 bridgehead atoms. The van der Waals surface area contributed by atoms with Crippen molar-refractivity contribution in [2.75, 3.05) is 0 Å². The van der Waals surface area contributed by atoms with Crippen molar-refractivity contribution in [2.24, 2.45) is 0 Å². The largest absolute Gasteiger partial charge is 0.461 e. The number of amides is 1. The first-order valence-electron chi connectivity index (χ1n) is 7.55. The molecule has 0 aromatic carbocycles. The topological polar surface area (TPSA) is 110 Å². The summed E-state index contributed by atoms with van der Waals surface area (Å²) in [6.07, 6.45) is 2.75. The lowest BCUT2D eigenvalue weighted by Crippen LogP contribution is -2.46. The maximum absolute atomic E-state index is 11.9. The molecule has 0 spiro atoms. The molecule has 2 aromatic heterocycles. The van der Waals surface area contributed by atoms with Crippen molar-refractivity contribution in [3.05, 3.63) is 35.8 Å². The molecule has 2 aromatic rings.